The first-order valence-electron chi connectivity index (χ1n) is 9.85. The van der Waals surface area contributed by atoms with Crippen LogP contribution in [0.15, 0.2) is 30.5 Å². The molecule has 0 aliphatic rings. The van der Waals surface area contributed by atoms with Crippen molar-refractivity contribution in [3.63, 3.8) is 0 Å². The zero-order valence-electron chi connectivity index (χ0n) is 18.3. The van der Waals surface area contributed by atoms with Crippen LogP contribution in [0.25, 0.3) is 0 Å². The highest BCUT2D eigenvalue weighted by Crippen LogP contribution is 2.30. The van der Waals surface area contributed by atoms with Crippen molar-refractivity contribution in [2.45, 2.75) is 33.0 Å². The minimum atomic E-state index is -0.584. The molecule has 0 fully saturated rings. The van der Waals surface area contributed by atoms with E-state index >= 15 is 0 Å². The van der Waals surface area contributed by atoms with Gasteiger partial charge in [-0.05, 0) is 45.6 Å². The fraction of sp³-hybridized carbons (Fsp3) is 0.524. The smallest absolute Gasteiger partial charge is 0.262 e. The summed E-state index contributed by atoms with van der Waals surface area (Å²) in [6.45, 7) is 6.56. The van der Waals surface area contributed by atoms with Gasteiger partial charge in [0.15, 0.2) is 17.6 Å². The molecule has 1 amide bonds. The lowest BCUT2D eigenvalue weighted by atomic mass is 10.2. The molecule has 1 N–H and O–H groups in total. The third kappa shape index (κ3) is 6.98. The van der Waals surface area contributed by atoms with Crippen molar-refractivity contribution in [1.29, 1.82) is 0 Å². The Bertz CT molecular complexity index is 788. The number of rotatable bonds is 11. The maximum absolute atomic E-state index is 12.1. The van der Waals surface area contributed by atoms with Gasteiger partial charge in [-0.1, -0.05) is 6.07 Å². The van der Waals surface area contributed by atoms with Gasteiger partial charge in [-0.2, -0.15) is 5.10 Å². The fourth-order valence-electron chi connectivity index (χ4n) is 2.71. The Labute approximate surface area is 173 Å². The number of nitrogens with zero attached hydrogens (tertiary/aromatic N) is 4. The zero-order valence-corrected chi connectivity index (χ0v) is 18.3. The molecule has 0 unspecified atom stereocenters. The minimum absolute atomic E-state index is 0.0944. The Hall–Kier alpha value is -2.74. The molecule has 1 aromatic heterocycles. The van der Waals surface area contributed by atoms with Crippen LogP contribution in [0.4, 0.5) is 5.82 Å². The number of anilines is 1. The van der Waals surface area contributed by atoms with Crippen LogP contribution in [-0.4, -0.2) is 72.9 Å². The molecular formula is C21H33N5O3. The molecule has 0 aliphatic carbocycles. The summed E-state index contributed by atoms with van der Waals surface area (Å²) in [5, 5.41) is 7.86. The molecule has 2 rings (SSSR count). The molecule has 160 valence electrons. The average molecular weight is 404 g/mol. The standard InChI is InChI=1S/C21H33N5O3/c1-7-28-19-14-17(8-9-18(19)29-16(2)21(27)25(5)6)15-22-20-10-11-26(23-20)13-12-24(3)4/h8-11,14,16H,7,12-13,15H2,1-6H3,(H,22,23)/t16-/m1/s1. The normalized spacial score (nSPS) is 12.0. The van der Waals surface area contributed by atoms with Crippen molar-refractivity contribution in [2.24, 2.45) is 0 Å². The van der Waals surface area contributed by atoms with E-state index in [1.54, 1.807) is 21.0 Å². The van der Waals surface area contributed by atoms with E-state index in [2.05, 4.69) is 15.3 Å². The average Bonchev–Trinajstić information content (AvgIpc) is 3.13. The van der Waals surface area contributed by atoms with E-state index in [0.717, 1.165) is 24.5 Å². The number of carbonyl (C=O) groups excluding carboxylic acids is 1. The van der Waals surface area contributed by atoms with Crippen molar-refractivity contribution in [2.75, 3.05) is 46.7 Å². The van der Waals surface area contributed by atoms with Crippen LogP contribution >= 0.6 is 0 Å². The zero-order chi connectivity index (χ0) is 21.4. The number of aromatic nitrogens is 2. The Morgan fingerprint density at radius 2 is 1.97 bits per heavy atom. The summed E-state index contributed by atoms with van der Waals surface area (Å²) in [5.74, 6) is 1.92. The van der Waals surface area contributed by atoms with Gasteiger partial charge >= 0.3 is 0 Å². The van der Waals surface area contributed by atoms with E-state index in [1.807, 2.05) is 56.2 Å². The molecule has 0 spiro atoms. The van der Waals surface area contributed by atoms with Gasteiger partial charge in [0.2, 0.25) is 0 Å². The largest absolute Gasteiger partial charge is 0.490 e. The van der Waals surface area contributed by atoms with Crippen molar-refractivity contribution < 1.29 is 14.3 Å². The van der Waals surface area contributed by atoms with E-state index < -0.39 is 6.10 Å². The first-order chi connectivity index (χ1) is 13.8. The second kappa shape index (κ2) is 10.7. The van der Waals surface area contributed by atoms with Gasteiger partial charge in [-0.15, -0.1) is 0 Å². The summed E-state index contributed by atoms with van der Waals surface area (Å²) in [4.78, 5) is 15.7. The highest BCUT2D eigenvalue weighted by molar-refractivity contribution is 5.80. The third-order valence-electron chi connectivity index (χ3n) is 4.29. The van der Waals surface area contributed by atoms with Crippen LogP contribution in [0, 0.1) is 0 Å². The van der Waals surface area contributed by atoms with E-state index in [0.29, 0.717) is 24.7 Å². The molecular weight excluding hydrogens is 370 g/mol. The van der Waals surface area contributed by atoms with E-state index in [-0.39, 0.29) is 5.91 Å². The quantitative estimate of drug-likeness (QED) is 0.621. The number of amides is 1. The topological polar surface area (TPSA) is 71.9 Å². The van der Waals surface area contributed by atoms with Crippen LogP contribution in [-0.2, 0) is 17.9 Å². The first kappa shape index (κ1) is 22.5. The van der Waals surface area contributed by atoms with Crippen LogP contribution < -0.4 is 14.8 Å². The summed E-state index contributed by atoms with van der Waals surface area (Å²) < 4.78 is 13.5. The predicted molar refractivity (Wildman–Crippen MR) is 115 cm³/mol. The fourth-order valence-corrected chi connectivity index (χ4v) is 2.71. The minimum Gasteiger partial charge on any atom is -0.490 e. The second-order valence-electron chi connectivity index (χ2n) is 7.33. The lowest BCUT2D eigenvalue weighted by Gasteiger charge is -2.20. The van der Waals surface area contributed by atoms with Gasteiger partial charge in [0.1, 0.15) is 5.82 Å². The molecule has 29 heavy (non-hydrogen) atoms. The first-order valence-corrected chi connectivity index (χ1v) is 9.85. The molecule has 2 aromatic rings. The highest BCUT2D eigenvalue weighted by Gasteiger charge is 2.18. The maximum Gasteiger partial charge on any atom is 0.262 e. The number of carbonyl (C=O) groups is 1. The van der Waals surface area contributed by atoms with Gasteiger partial charge in [-0.25, -0.2) is 0 Å². The maximum atomic E-state index is 12.1. The summed E-state index contributed by atoms with van der Waals surface area (Å²) in [6.07, 6.45) is 1.39. The monoisotopic (exact) mass is 403 g/mol. The van der Waals surface area contributed by atoms with Gasteiger partial charge in [0, 0.05) is 39.4 Å². The SMILES string of the molecule is CCOc1cc(CNc2ccn(CCN(C)C)n2)ccc1O[C@H](C)C(=O)N(C)C. The third-order valence-corrected chi connectivity index (χ3v) is 4.29. The Morgan fingerprint density at radius 3 is 2.62 bits per heavy atom. The molecule has 0 radical (unpaired) electrons. The van der Waals surface area contributed by atoms with E-state index in [1.165, 1.54) is 4.90 Å². The molecule has 1 heterocycles. The number of likely N-dealkylation sites (N-methyl/N-ethyl adjacent to an activating group) is 2. The van der Waals surface area contributed by atoms with Crippen LogP contribution in [0.1, 0.15) is 19.4 Å². The number of nitrogens with one attached hydrogen (secondary N) is 1. The molecule has 8 nitrogen and oxygen atoms in total. The van der Waals surface area contributed by atoms with Crippen molar-refractivity contribution in [3.8, 4) is 11.5 Å². The van der Waals surface area contributed by atoms with E-state index in [4.69, 9.17) is 9.47 Å². The van der Waals surface area contributed by atoms with Crippen LogP contribution in [0.5, 0.6) is 11.5 Å². The second-order valence-corrected chi connectivity index (χ2v) is 7.33. The van der Waals surface area contributed by atoms with Gasteiger partial charge < -0.3 is 24.6 Å². The van der Waals surface area contributed by atoms with Crippen molar-refractivity contribution in [1.82, 2.24) is 19.6 Å². The van der Waals surface area contributed by atoms with Crippen LogP contribution in [0.3, 0.4) is 0 Å². The lowest BCUT2D eigenvalue weighted by molar-refractivity contribution is -0.135. The van der Waals surface area contributed by atoms with Crippen LogP contribution in [0.2, 0.25) is 0 Å². The number of benzene rings is 1. The van der Waals surface area contributed by atoms with E-state index in [9.17, 15) is 4.79 Å². The summed E-state index contributed by atoms with van der Waals surface area (Å²) in [5.41, 5.74) is 1.04. The predicted octanol–water partition coefficient (Wildman–Crippen LogP) is 2.31. The Balaban J connectivity index is 2.01. The number of ether oxygens (including phenoxy) is 2. The highest BCUT2D eigenvalue weighted by atomic mass is 16.5. The lowest BCUT2D eigenvalue weighted by Crippen LogP contribution is -2.35. The molecule has 1 aromatic carbocycles. The van der Waals surface area contributed by atoms with Gasteiger partial charge in [-0.3, -0.25) is 9.48 Å². The Kier molecular flexibility index (Phi) is 8.33. The van der Waals surface area contributed by atoms with Crippen molar-refractivity contribution in [3.05, 3.63) is 36.0 Å². The Morgan fingerprint density at radius 1 is 1.21 bits per heavy atom. The molecule has 8 heteroatoms. The summed E-state index contributed by atoms with van der Waals surface area (Å²) in [7, 11) is 7.51. The van der Waals surface area contributed by atoms with Crippen molar-refractivity contribution >= 4 is 11.7 Å². The van der Waals surface area contributed by atoms with Gasteiger partial charge in [0.05, 0.1) is 13.2 Å². The van der Waals surface area contributed by atoms with Gasteiger partial charge in [0.25, 0.3) is 5.91 Å². The molecule has 0 saturated heterocycles. The number of hydrogen-bond acceptors (Lipinski definition) is 6. The number of hydrogen-bond donors (Lipinski definition) is 1. The molecule has 1 atom stereocenters. The molecule has 0 aliphatic heterocycles. The summed E-state index contributed by atoms with van der Waals surface area (Å²) >= 11 is 0. The molecule has 0 bridgehead atoms. The molecule has 0 saturated carbocycles. The summed E-state index contributed by atoms with van der Waals surface area (Å²) in [6, 6.07) is 7.70.